The van der Waals surface area contributed by atoms with Crippen molar-refractivity contribution in [1.82, 2.24) is 19.9 Å². The highest BCUT2D eigenvalue weighted by atomic mass is 19.3. The van der Waals surface area contributed by atoms with E-state index in [9.17, 15) is 13.9 Å². The van der Waals surface area contributed by atoms with Gasteiger partial charge >= 0.3 is 0 Å². The Hall–Kier alpha value is -2.81. The molecule has 4 rings (SSSR count). The third kappa shape index (κ3) is 2.47. The third-order valence-electron chi connectivity index (χ3n) is 4.53. The van der Waals surface area contributed by atoms with Crippen LogP contribution in [-0.4, -0.2) is 50.2 Å². The first-order chi connectivity index (χ1) is 12.0. The predicted octanol–water partition coefficient (Wildman–Crippen LogP) is 1.81. The maximum atomic E-state index is 14.1. The van der Waals surface area contributed by atoms with E-state index in [2.05, 4.69) is 19.9 Å². The van der Waals surface area contributed by atoms with Crippen LogP contribution in [0.3, 0.4) is 0 Å². The average Bonchev–Trinajstić information content (AvgIpc) is 3.15. The Morgan fingerprint density at radius 3 is 2.88 bits per heavy atom. The number of aromatic nitrogens is 4. The zero-order valence-electron chi connectivity index (χ0n) is 13.2. The second-order valence-electron chi connectivity index (χ2n) is 5.96. The maximum Gasteiger partial charge on any atom is 0.271 e. The second-order valence-corrected chi connectivity index (χ2v) is 5.96. The van der Waals surface area contributed by atoms with E-state index < -0.39 is 18.6 Å². The summed E-state index contributed by atoms with van der Waals surface area (Å²) in [4.78, 5) is 16.9. The summed E-state index contributed by atoms with van der Waals surface area (Å²) < 4.78 is 28.2. The van der Waals surface area contributed by atoms with Gasteiger partial charge in [-0.1, -0.05) is 0 Å². The van der Waals surface area contributed by atoms with E-state index in [0.29, 0.717) is 28.0 Å². The standard InChI is InChI=1S/C16H16F2N6O/c17-16(18)3-6-24(12(16)8-25)11-2-5-20-14-13(11)9(7-22-14)10-1-4-21-15(19)23-10/h1-2,4-5,7,12,25H,3,6,8H2,(H,20,22)(H2,19,21,23)/t12-/m1/s1. The molecule has 1 saturated heterocycles. The van der Waals surface area contributed by atoms with Crippen LogP contribution >= 0.6 is 0 Å². The van der Waals surface area contributed by atoms with Gasteiger partial charge in [0.2, 0.25) is 5.95 Å². The van der Waals surface area contributed by atoms with Crippen LogP contribution in [0.4, 0.5) is 20.4 Å². The lowest BCUT2D eigenvalue weighted by atomic mass is 10.1. The van der Waals surface area contributed by atoms with Crippen molar-refractivity contribution in [2.24, 2.45) is 0 Å². The van der Waals surface area contributed by atoms with E-state index in [1.165, 1.54) is 11.1 Å². The number of nitrogens with one attached hydrogen (secondary N) is 1. The molecule has 7 nitrogen and oxygen atoms in total. The average molecular weight is 346 g/mol. The largest absolute Gasteiger partial charge is 0.394 e. The highest BCUT2D eigenvalue weighted by Gasteiger charge is 2.49. The Morgan fingerprint density at radius 2 is 2.12 bits per heavy atom. The topological polar surface area (TPSA) is 104 Å². The fourth-order valence-electron chi connectivity index (χ4n) is 3.34. The molecule has 3 aromatic rings. The zero-order valence-corrected chi connectivity index (χ0v) is 13.2. The quantitative estimate of drug-likeness (QED) is 0.668. The molecule has 25 heavy (non-hydrogen) atoms. The minimum absolute atomic E-state index is 0.123. The molecule has 1 aliphatic rings. The number of hydrogen-bond acceptors (Lipinski definition) is 6. The van der Waals surface area contributed by atoms with Crippen molar-refractivity contribution in [3.63, 3.8) is 0 Å². The highest BCUT2D eigenvalue weighted by molar-refractivity contribution is 6.02. The molecule has 130 valence electrons. The van der Waals surface area contributed by atoms with Crippen molar-refractivity contribution >= 4 is 22.7 Å². The Labute approximate surface area is 141 Å². The number of aromatic amines is 1. The summed E-state index contributed by atoms with van der Waals surface area (Å²) >= 11 is 0. The molecule has 1 fully saturated rings. The van der Waals surface area contributed by atoms with Crippen LogP contribution in [-0.2, 0) is 0 Å². The summed E-state index contributed by atoms with van der Waals surface area (Å²) in [7, 11) is 0. The van der Waals surface area contributed by atoms with Gasteiger partial charge < -0.3 is 20.7 Å². The van der Waals surface area contributed by atoms with Crippen molar-refractivity contribution in [2.45, 2.75) is 18.4 Å². The van der Waals surface area contributed by atoms with Crippen LogP contribution in [0.15, 0.2) is 30.7 Å². The number of fused-ring (bicyclic) bond motifs is 1. The normalized spacial score (nSPS) is 19.6. The SMILES string of the molecule is Nc1nccc(-c2c[nH]c3nccc(N4CCC(F)(F)[C@H]4CO)c23)n1. The number of alkyl halides is 2. The molecule has 0 saturated carbocycles. The summed E-state index contributed by atoms with van der Waals surface area (Å²) in [6.07, 6.45) is 4.50. The van der Waals surface area contributed by atoms with E-state index in [-0.39, 0.29) is 18.9 Å². The number of halogens is 2. The number of aliphatic hydroxyl groups excluding tert-OH is 1. The van der Waals surface area contributed by atoms with Crippen molar-refractivity contribution in [3.05, 3.63) is 30.7 Å². The van der Waals surface area contributed by atoms with Crippen molar-refractivity contribution < 1.29 is 13.9 Å². The Morgan fingerprint density at radius 1 is 1.32 bits per heavy atom. The first-order valence-corrected chi connectivity index (χ1v) is 7.81. The lowest BCUT2D eigenvalue weighted by Crippen LogP contribution is -2.42. The number of nitrogens with zero attached hydrogens (tertiary/aromatic N) is 4. The molecule has 0 aromatic carbocycles. The van der Waals surface area contributed by atoms with Gasteiger partial charge in [-0.3, -0.25) is 0 Å². The van der Waals surface area contributed by atoms with Gasteiger partial charge in [-0.2, -0.15) is 0 Å². The fourth-order valence-corrected chi connectivity index (χ4v) is 3.34. The van der Waals surface area contributed by atoms with Gasteiger partial charge in [0.15, 0.2) is 0 Å². The van der Waals surface area contributed by atoms with Gasteiger partial charge in [0.05, 0.1) is 23.4 Å². The lowest BCUT2D eigenvalue weighted by molar-refractivity contribution is -0.0217. The van der Waals surface area contributed by atoms with Crippen molar-refractivity contribution in [3.8, 4) is 11.3 Å². The molecule has 0 bridgehead atoms. The minimum atomic E-state index is -2.94. The molecule has 0 spiro atoms. The number of pyridine rings is 1. The number of rotatable bonds is 3. The van der Waals surface area contributed by atoms with E-state index in [4.69, 9.17) is 5.73 Å². The fraction of sp³-hybridized carbons (Fsp3) is 0.312. The Bertz CT molecular complexity index is 928. The van der Waals surface area contributed by atoms with Crippen LogP contribution in [0.2, 0.25) is 0 Å². The number of anilines is 2. The third-order valence-corrected chi connectivity index (χ3v) is 4.53. The van der Waals surface area contributed by atoms with E-state index >= 15 is 0 Å². The second kappa shape index (κ2) is 5.62. The van der Waals surface area contributed by atoms with Crippen LogP contribution in [0.25, 0.3) is 22.3 Å². The van der Waals surface area contributed by atoms with Gasteiger partial charge in [-0.15, -0.1) is 0 Å². The first-order valence-electron chi connectivity index (χ1n) is 7.81. The number of nitrogens with two attached hydrogens (primary N) is 1. The smallest absolute Gasteiger partial charge is 0.271 e. The minimum Gasteiger partial charge on any atom is -0.394 e. The van der Waals surface area contributed by atoms with Gasteiger partial charge in [0, 0.05) is 37.1 Å². The van der Waals surface area contributed by atoms with Crippen LogP contribution in [0.1, 0.15) is 6.42 Å². The van der Waals surface area contributed by atoms with Crippen LogP contribution < -0.4 is 10.6 Å². The van der Waals surface area contributed by atoms with Crippen molar-refractivity contribution in [1.29, 1.82) is 0 Å². The number of hydrogen-bond donors (Lipinski definition) is 3. The molecule has 1 aliphatic heterocycles. The predicted molar refractivity (Wildman–Crippen MR) is 89.3 cm³/mol. The molecular weight excluding hydrogens is 330 g/mol. The Kier molecular flexibility index (Phi) is 3.53. The molecule has 3 aromatic heterocycles. The lowest BCUT2D eigenvalue weighted by Gasteiger charge is -2.28. The van der Waals surface area contributed by atoms with E-state index in [0.717, 1.165) is 0 Å². The summed E-state index contributed by atoms with van der Waals surface area (Å²) in [5.41, 5.74) is 8.05. The summed E-state index contributed by atoms with van der Waals surface area (Å²) in [6, 6.07) is 2.10. The van der Waals surface area contributed by atoms with E-state index in [1.807, 2.05) is 0 Å². The highest BCUT2D eigenvalue weighted by Crippen LogP contribution is 2.41. The molecule has 1 atom stereocenters. The van der Waals surface area contributed by atoms with Gasteiger partial charge in [0.1, 0.15) is 11.7 Å². The van der Waals surface area contributed by atoms with Crippen LogP contribution in [0, 0.1) is 0 Å². The van der Waals surface area contributed by atoms with Gasteiger partial charge in [-0.25, -0.2) is 23.7 Å². The van der Waals surface area contributed by atoms with E-state index in [1.54, 1.807) is 24.5 Å². The molecule has 9 heteroatoms. The summed E-state index contributed by atoms with van der Waals surface area (Å²) in [5, 5.41) is 10.2. The zero-order chi connectivity index (χ0) is 17.6. The van der Waals surface area contributed by atoms with Gasteiger partial charge in [-0.05, 0) is 12.1 Å². The molecule has 0 unspecified atom stereocenters. The monoisotopic (exact) mass is 346 g/mol. The number of aliphatic hydroxyl groups is 1. The molecule has 0 aliphatic carbocycles. The van der Waals surface area contributed by atoms with Crippen LogP contribution in [0.5, 0.6) is 0 Å². The summed E-state index contributed by atoms with van der Waals surface area (Å²) in [6.45, 7) is -0.481. The molecule has 4 heterocycles. The molecule has 4 N–H and O–H groups in total. The number of nitrogen functional groups attached to an aromatic ring is 1. The Balaban J connectivity index is 1.90. The number of H-pyrrole nitrogens is 1. The molecule has 0 amide bonds. The molecular formula is C16H16F2N6O. The van der Waals surface area contributed by atoms with Gasteiger partial charge in [0.25, 0.3) is 5.92 Å². The first kappa shape index (κ1) is 15.7. The molecule has 0 radical (unpaired) electrons. The van der Waals surface area contributed by atoms with Crippen molar-refractivity contribution in [2.75, 3.05) is 23.8 Å². The maximum absolute atomic E-state index is 14.1. The summed E-state index contributed by atoms with van der Waals surface area (Å²) in [5.74, 6) is -2.82.